The van der Waals surface area contributed by atoms with E-state index in [1.165, 1.54) is 29.4 Å². The van der Waals surface area contributed by atoms with Crippen molar-refractivity contribution in [3.8, 4) is 5.75 Å². The molecule has 2 aromatic rings. The SMILES string of the molecule is O=C1CN(Cc2cnc(CNS(=O)(=O)c3cccc(OCC4CC4)c3)nc2)C(=O)N1. The number of imide groups is 1. The van der Waals surface area contributed by atoms with Gasteiger partial charge in [0.25, 0.3) is 0 Å². The maximum Gasteiger partial charge on any atom is 0.324 e. The predicted octanol–water partition coefficient (Wildman–Crippen LogP) is 0.796. The van der Waals surface area contributed by atoms with E-state index < -0.39 is 16.1 Å². The molecular formula is C19H21N5O5S. The van der Waals surface area contributed by atoms with Gasteiger partial charge in [0.15, 0.2) is 0 Å². The normalized spacial score (nSPS) is 16.6. The Morgan fingerprint density at radius 3 is 2.63 bits per heavy atom. The molecule has 2 fully saturated rings. The summed E-state index contributed by atoms with van der Waals surface area (Å²) in [5, 5.41) is 2.19. The number of rotatable bonds is 9. The smallest absolute Gasteiger partial charge is 0.324 e. The van der Waals surface area contributed by atoms with Crippen molar-refractivity contribution >= 4 is 22.0 Å². The molecule has 0 bridgehead atoms. The van der Waals surface area contributed by atoms with Gasteiger partial charge in [-0.1, -0.05) is 6.07 Å². The van der Waals surface area contributed by atoms with Gasteiger partial charge in [0.2, 0.25) is 15.9 Å². The Morgan fingerprint density at radius 1 is 1.20 bits per heavy atom. The summed E-state index contributed by atoms with van der Waals surface area (Å²) in [4.78, 5) is 32.5. The zero-order valence-electron chi connectivity index (χ0n) is 16.1. The lowest BCUT2D eigenvalue weighted by Gasteiger charge is -2.12. The van der Waals surface area contributed by atoms with E-state index in [9.17, 15) is 18.0 Å². The number of urea groups is 1. The van der Waals surface area contributed by atoms with Crippen LogP contribution in [0.2, 0.25) is 0 Å². The summed E-state index contributed by atoms with van der Waals surface area (Å²) in [6.45, 7) is 0.698. The minimum Gasteiger partial charge on any atom is -0.493 e. The van der Waals surface area contributed by atoms with Crippen molar-refractivity contribution < 1.29 is 22.7 Å². The van der Waals surface area contributed by atoms with Crippen molar-refractivity contribution in [2.24, 2.45) is 5.92 Å². The lowest BCUT2D eigenvalue weighted by molar-refractivity contribution is -0.118. The molecule has 0 atom stereocenters. The second-order valence-corrected chi connectivity index (χ2v) is 9.04. The fourth-order valence-electron chi connectivity index (χ4n) is 2.86. The number of hydrogen-bond acceptors (Lipinski definition) is 7. The molecular weight excluding hydrogens is 410 g/mol. The van der Waals surface area contributed by atoms with Gasteiger partial charge in [-0.3, -0.25) is 10.1 Å². The highest BCUT2D eigenvalue weighted by atomic mass is 32.2. The van der Waals surface area contributed by atoms with Crippen molar-refractivity contribution in [2.75, 3.05) is 13.2 Å². The average molecular weight is 431 g/mol. The molecule has 0 spiro atoms. The summed E-state index contributed by atoms with van der Waals surface area (Å²) in [6, 6.07) is 5.91. The van der Waals surface area contributed by atoms with Crippen LogP contribution < -0.4 is 14.8 Å². The number of hydrogen-bond donors (Lipinski definition) is 2. The molecule has 158 valence electrons. The largest absolute Gasteiger partial charge is 0.493 e. The lowest BCUT2D eigenvalue weighted by Crippen LogP contribution is -2.28. The van der Waals surface area contributed by atoms with Crippen LogP contribution >= 0.6 is 0 Å². The van der Waals surface area contributed by atoms with Gasteiger partial charge in [-0.2, -0.15) is 0 Å². The van der Waals surface area contributed by atoms with Gasteiger partial charge in [0.1, 0.15) is 18.1 Å². The molecule has 1 aromatic heterocycles. The first kappa shape index (κ1) is 20.2. The maximum absolute atomic E-state index is 12.6. The highest BCUT2D eigenvalue weighted by molar-refractivity contribution is 7.89. The summed E-state index contributed by atoms with van der Waals surface area (Å²) in [6.07, 6.45) is 5.31. The van der Waals surface area contributed by atoms with Gasteiger partial charge in [-0.15, -0.1) is 0 Å². The summed E-state index contributed by atoms with van der Waals surface area (Å²) >= 11 is 0. The van der Waals surface area contributed by atoms with Crippen LogP contribution in [0.3, 0.4) is 0 Å². The Morgan fingerprint density at radius 2 is 1.97 bits per heavy atom. The van der Waals surface area contributed by atoms with Crippen LogP contribution in [0.15, 0.2) is 41.6 Å². The zero-order valence-corrected chi connectivity index (χ0v) is 16.9. The fraction of sp³-hybridized carbons (Fsp3) is 0.368. The van der Waals surface area contributed by atoms with E-state index in [4.69, 9.17) is 4.74 Å². The van der Waals surface area contributed by atoms with Gasteiger partial charge in [0, 0.05) is 24.0 Å². The van der Waals surface area contributed by atoms with E-state index >= 15 is 0 Å². The molecule has 0 radical (unpaired) electrons. The second-order valence-electron chi connectivity index (χ2n) is 7.27. The maximum atomic E-state index is 12.6. The molecule has 1 saturated carbocycles. The molecule has 1 aliphatic heterocycles. The number of carbonyl (C=O) groups excluding carboxylic acids is 2. The van der Waals surface area contributed by atoms with Crippen LogP contribution in [0.5, 0.6) is 5.75 Å². The van der Waals surface area contributed by atoms with Crippen molar-refractivity contribution in [3.05, 3.63) is 48.0 Å². The molecule has 2 aliphatic rings. The number of benzene rings is 1. The highest BCUT2D eigenvalue weighted by Crippen LogP contribution is 2.29. The molecule has 1 aromatic carbocycles. The molecule has 2 N–H and O–H groups in total. The third-order valence-corrected chi connectivity index (χ3v) is 6.12. The summed E-state index contributed by atoms with van der Waals surface area (Å²) in [7, 11) is -3.75. The third-order valence-electron chi connectivity index (χ3n) is 4.72. The van der Waals surface area contributed by atoms with Crippen molar-refractivity contribution in [2.45, 2.75) is 30.8 Å². The Kier molecular flexibility index (Phi) is 5.64. The van der Waals surface area contributed by atoms with Gasteiger partial charge < -0.3 is 9.64 Å². The van der Waals surface area contributed by atoms with Crippen LogP contribution in [0.25, 0.3) is 0 Å². The van der Waals surface area contributed by atoms with Gasteiger partial charge in [-0.05, 0) is 30.9 Å². The molecule has 11 heteroatoms. The van der Waals surface area contributed by atoms with E-state index in [0.29, 0.717) is 23.8 Å². The van der Waals surface area contributed by atoms with E-state index in [1.807, 2.05) is 0 Å². The monoisotopic (exact) mass is 431 g/mol. The highest BCUT2D eigenvalue weighted by Gasteiger charge is 2.26. The molecule has 30 heavy (non-hydrogen) atoms. The van der Waals surface area contributed by atoms with E-state index in [0.717, 1.165) is 12.8 Å². The number of aromatic nitrogens is 2. The summed E-state index contributed by atoms with van der Waals surface area (Å²) in [5.74, 6) is 1.03. The molecule has 1 aliphatic carbocycles. The first-order chi connectivity index (χ1) is 14.4. The first-order valence-corrected chi connectivity index (χ1v) is 11.0. The number of nitrogens with one attached hydrogen (secondary N) is 2. The number of nitrogens with zero attached hydrogens (tertiary/aromatic N) is 3. The first-order valence-electron chi connectivity index (χ1n) is 9.50. The zero-order chi connectivity index (χ0) is 21.1. The summed E-state index contributed by atoms with van der Waals surface area (Å²) in [5.41, 5.74) is 0.631. The van der Waals surface area contributed by atoms with E-state index in [2.05, 4.69) is 20.0 Å². The molecule has 2 heterocycles. The third kappa shape index (κ3) is 5.10. The Hall–Kier alpha value is -3.05. The van der Waals surface area contributed by atoms with E-state index in [-0.39, 0.29) is 36.3 Å². The quantitative estimate of drug-likeness (QED) is 0.562. The Bertz CT molecular complexity index is 1050. The van der Waals surface area contributed by atoms with Crippen LogP contribution in [0.4, 0.5) is 4.79 Å². The standard InChI is InChI=1S/C19H21N5O5S/c25-18-11-24(19(26)23-18)10-14-7-20-17(21-8-14)9-22-30(27,28)16-3-1-2-15(6-16)29-12-13-4-5-13/h1-3,6-8,13,22H,4-5,9-12H2,(H,23,25,26). The molecule has 4 rings (SSSR count). The molecule has 3 amide bonds. The topological polar surface area (TPSA) is 131 Å². The van der Waals surface area contributed by atoms with Gasteiger partial charge in [-0.25, -0.2) is 27.9 Å². The number of sulfonamides is 1. The Labute approximate surface area is 173 Å². The number of amides is 3. The van der Waals surface area contributed by atoms with Crippen molar-refractivity contribution in [1.82, 2.24) is 24.9 Å². The average Bonchev–Trinajstić information content (AvgIpc) is 3.50. The molecule has 10 nitrogen and oxygen atoms in total. The predicted molar refractivity (Wildman–Crippen MR) is 105 cm³/mol. The van der Waals surface area contributed by atoms with Crippen molar-refractivity contribution in [1.29, 1.82) is 0 Å². The Balaban J connectivity index is 1.33. The number of ether oxygens (including phenoxy) is 1. The van der Waals surface area contributed by atoms with Crippen LogP contribution in [0, 0.1) is 5.92 Å². The van der Waals surface area contributed by atoms with E-state index in [1.54, 1.807) is 12.1 Å². The minimum atomic E-state index is -3.75. The second kappa shape index (κ2) is 8.36. The van der Waals surface area contributed by atoms with Crippen LogP contribution in [0.1, 0.15) is 24.2 Å². The molecule has 0 unspecified atom stereocenters. The summed E-state index contributed by atoms with van der Waals surface area (Å²) < 4.78 is 33.2. The van der Waals surface area contributed by atoms with Crippen LogP contribution in [-0.2, 0) is 27.9 Å². The molecule has 1 saturated heterocycles. The van der Waals surface area contributed by atoms with Crippen LogP contribution in [-0.4, -0.2) is 48.4 Å². The number of carbonyl (C=O) groups is 2. The van der Waals surface area contributed by atoms with Gasteiger partial charge in [0.05, 0.1) is 24.6 Å². The van der Waals surface area contributed by atoms with Gasteiger partial charge >= 0.3 is 6.03 Å². The lowest BCUT2D eigenvalue weighted by atomic mass is 10.3. The fourth-order valence-corrected chi connectivity index (χ4v) is 3.87. The minimum absolute atomic E-state index is 0.0101. The van der Waals surface area contributed by atoms with Crippen molar-refractivity contribution in [3.63, 3.8) is 0 Å².